The van der Waals surface area contributed by atoms with Gasteiger partial charge in [0.2, 0.25) is 11.8 Å². The predicted octanol–water partition coefficient (Wildman–Crippen LogP) is 2.63. The minimum absolute atomic E-state index is 0.0245. The summed E-state index contributed by atoms with van der Waals surface area (Å²) in [6, 6.07) is 12.5. The fourth-order valence-corrected chi connectivity index (χ4v) is 8.35. The molecule has 1 unspecified atom stereocenters. The van der Waals surface area contributed by atoms with Crippen molar-refractivity contribution in [2.24, 2.45) is 11.7 Å². The molecule has 5 aliphatic rings. The number of carbonyl (C=O) groups is 2. The lowest BCUT2D eigenvalue weighted by molar-refractivity contribution is -0.173. The van der Waals surface area contributed by atoms with Crippen molar-refractivity contribution in [1.82, 2.24) is 15.2 Å². The van der Waals surface area contributed by atoms with Gasteiger partial charge in [-0.15, -0.1) is 0 Å². The first-order chi connectivity index (χ1) is 19.9. The lowest BCUT2D eigenvalue weighted by atomic mass is 9.49. The quantitative estimate of drug-likeness (QED) is 0.300. The molecular weight excluding hydrogens is 520 g/mol. The smallest absolute Gasteiger partial charge is 0.220 e. The molecule has 1 aromatic heterocycles. The highest BCUT2D eigenvalue weighted by molar-refractivity contribution is 5.86. The normalized spacial score (nSPS) is 29.0. The summed E-state index contributed by atoms with van der Waals surface area (Å²) < 4.78 is 13.1. The van der Waals surface area contributed by atoms with Gasteiger partial charge in [0.15, 0.2) is 17.6 Å². The van der Waals surface area contributed by atoms with Gasteiger partial charge in [-0.05, 0) is 61.4 Å². The minimum atomic E-state index is -0.964. The number of H-pyrrole nitrogens is 1. The molecule has 9 nitrogen and oxygen atoms in total. The summed E-state index contributed by atoms with van der Waals surface area (Å²) in [5.74, 6) is 1.39. The number of likely N-dealkylation sites (tertiary alicyclic amines) is 1. The molecule has 3 aromatic rings. The molecule has 2 amide bonds. The average molecular weight is 557 g/mol. The Balaban J connectivity index is 1.16. The maximum atomic E-state index is 13.0. The van der Waals surface area contributed by atoms with Crippen LogP contribution in [0, 0.1) is 5.92 Å². The van der Waals surface area contributed by atoms with E-state index in [1.54, 1.807) is 0 Å². The van der Waals surface area contributed by atoms with Crippen molar-refractivity contribution in [1.29, 1.82) is 0 Å². The summed E-state index contributed by atoms with van der Waals surface area (Å²) in [5, 5.41) is 17.0. The van der Waals surface area contributed by atoms with Gasteiger partial charge >= 0.3 is 0 Å². The number of aromatic nitrogens is 1. The Labute approximate surface area is 238 Å². The van der Waals surface area contributed by atoms with Crippen LogP contribution in [0.2, 0.25) is 0 Å². The Morgan fingerprint density at radius 1 is 1.20 bits per heavy atom. The first-order valence-electron chi connectivity index (χ1n) is 15.0. The van der Waals surface area contributed by atoms with Crippen LogP contribution in [0.3, 0.4) is 0 Å². The van der Waals surface area contributed by atoms with E-state index < -0.39 is 16.9 Å². The van der Waals surface area contributed by atoms with Crippen LogP contribution in [0.15, 0.2) is 36.4 Å². The average Bonchev–Trinajstić information content (AvgIpc) is 3.60. The number of aromatic amines is 1. The minimum Gasteiger partial charge on any atom is -0.488 e. The fraction of sp³-hybridized carbons (Fsp3) is 0.500. The summed E-state index contributed by atoms with van der Waals surface area (Å²) in [7, 11) is 0. The lowest BCUT2D eigenvalue weighted by Crippen LogP contribution is -2.74. The molecule has 214 valence electrons. The standard InChI is InChI=1S/C32H36N4O5/c33-25(37)9-10-26(38)34-12-14-40-23-8-7-19-15-24-32(39)16-21-20-3-1-2-4-22(20)35-28(21)30-31(32,27(19)29(23)41-30)11-13-36(24)17-18-5-6-18/h1-4,7-8,18,24,30,35,39H,5-6,9-17H2,(H2,33,37)(H,34,38)/t24?,30-,31-,32+/m0/s1. The van der Waals surface area contributed by atoms with E-state index in [-0.39, 0.29) is 37.5 Å². The van der Waals surface area contributed by atoms with E-state index >= 15 is 0 Å². The molecule has 2 fully saturated rings. The van der Waals surface area contributed by atoms with Crippen molar-refractivity contribution < 1.29 is 24.2 Å². The molecule has 2 aliphatic heterocycles. The van der Waals surface area contributed by atoms with Gasteiger partial charge in [0.1, 0.15) is 6.61 Å². The van der Waals surface area contributed by atoms with E-state index in [2.05, 4.69) is 39.5 Å². The van der Waals surface area contributed by atoms with Crippen molar-refractivity contribution in [3.8, 4) is 11.5 Å². The topological polar surface area (TPSA) is 130 Å². The molecule has 8 rings (SSSR count). The number of primary amides is 1. The third-order valence-electron chi connectivity index (χ3n) is 10.3. The molecule has 2 bridgehead atoms. The van der Waals surface area contributed by atoms with Gasteiger partial charge in [0.25, 0.3) is 0 Å². The molecular formula is C32H36N4O5. The number of piperidine rings is 1. The summed E-state index contributed by atoms with van der Waals surface area (Å²) >= 11 is 0. The van der Waals surface area contributed by atoms with Crippen LogP contribution in [0.4, 0.5) is 0 Å². The van der Waals surface area contributed by atoms with E-state index in [0.717, 1.165) is 59.8 Å². The number of nitrogens with two attached hydrogens (primary N) is 1. The van der Waals surface area contributed by atoms with Crippen molar-refractivity contribution in [3.63, 3.8) is 0 Å². The molecule has 3 heterocycles. The number of fused-ring (bicyclic) bond motifs is 4. The van der Waals surface area contributed by atoms with Gasteiger partial charge in [0, 0.05) is 48.3 Å². The monoisotopic (exact) mass is 556 g/mol. The van der Waals surface area contributed by atoms with Gasteiger partial charge in [-0.2, -0.15) is 0 Å². The molecule has 1 saturated heterocycles. The Bertz CT molecular complexity index is 1580. The molecule has 9 heteroatoms. The maximum absolute atomic E-state index is 13.0. The van der Waals surface area contributed by atoms with E-state index in [1.165, 1.54) is 24.0 Å². The number of ether oxygens (including phenoxy) is 2. The molecule has 1 spiro atoms. The van der Waals surface area contributed by atoms with Crippen molar-refractivity contribution in [2.75, 3.05) is 26.2 Å². The van der Waals surface area contributed by atoms with Crippen molar-refractivity contribution in [3.05, 3.63) is 58.8 Å². The number of benzene rings is 2. The van der Waals surface area contributed by atoms with Gasteiger partial charge in [0.05, 0.1) is 23.3 Å². The van der Waals surface area contributed by atoms with Crippen LogP contribution in [-0.4, -0.2) is 64.7 Å². The lowest BCUT2D eigenvalue weighted by Gasteiger charge is -2.62. The Morgan fingerprint density at radius 2 is 2.05 bits per heavy atom. The zero-order chi connectivity index (χ0) is 27.9. The van der Waals surface area contributed by atoms with E-state index in [0.29, 0.717) is 18.7 Å². The van der Waals surface area contributed by atoms with Crippen LogP contribution >= 0.6 is 0 Å². The summed E-state index contributed by atoms with van der Waals surface area (Å²) in [6.07, 6.45) is 4.55. The second kappa shape index (κ2) is 8.97. The Morgan fingerprint density at radius 3 is 2.88 bits per heavy atom. The molecule has 4 atom stereocenters. The molecule has 1 saturated carbocycles. The van der Waals surface area contributed by atoms with Crippen molar-refractivity contribution >= 4 is 22.7 Å². The van der Waals surface area contributed by atoms with Crippen molar-refractivity contribution in [2.45, 2.75) is 68.1 Å². The van der Waals surface area contributed by atoms with E-state index in [9.17, 15) is 14.7 Å². The first-order valence-corrected chi connectivity index (χ1v) is 15.0. The number of para-hydroxylation sites is 1. The first kappa shape index (κ1) is 25.2. The van der Waals surface area contributed by atoms with Crippen LogP contribution in [-0.2, 0) is 27.8 Å². The highest BCUT2D eigenvalue weighted by atomic mass is 16.5. The van der Waals surface area contributed by atoms with Crippen LogP contribution in [0.1, 0.15) is 60.6 Å². The van der Waals surface area contributed by atoms with E-state index in [4.69, 9.17) is 15.2 Å². The van der Waals surface area contributed by atoms with Gasteiger partial charge in [-0.1, -0.05) is 24.3 Å². The molecule has 2 aromatic carbocycles. The van der Waals surface area contributed by atoms with Crippen LogP contribution < -0.4 is 20.5 Å². The molecule has 3 aliphatic carbocycles. The Hall–Kier alpha value is -3.56. The third kappa shape index (κ3) is 3.61. The second-order valence-corrected chi connectivity index (χ2v) is 12.6. The van der Waals surface area contributed by atoms with Crippen LogP contribution in [0.25, 0.3) is 10.9 Å². The number of hydrogen-bond donors (Lipinski definition) is 4. The highest BCUT2D eigenvalue weighted by Gasteiger charge is 2.72. The zero-order valence-corrected chi connectivity index (χ0v) is 23.1. The zero-order valence-electron chi connectivity index (χ0n) is 23.1. The summed E-state index contributed by atoms with van der Waals surface area (Å²) in [5.41, 5.74) is 9.29. The fourth-order valence-electron chi connectivity index (χ4n) is 8.35. The maximum Gasteiger partial charge on any atom is 0.220 e. The number of carbonyl (C=O) groups excluding carboxylic acids is 2. The number of nitrogens with one attached hydrogen (secondary N) is 2. The second-order valence-electron chi connectivity index (χ2n) is 12.6. The number of hydrogen-bond acceptors (Lipinski definition) is 6. The Kier molecular flexibility index (Phi) is 5.51. The van der Waals surface area contributed by atoms with Gasteiger partial charge in [-0.25, -0.2) is 0 Å². The molecule has 41 heavy (non-hydrogen) atoms. The summed E-state index contributed by atoms with van der Waals surface area (Å²) in [6.45, 7) is 2.57. The molecule has 0 radical (unpaired) electrons. The number of nitrogens with zero attached hydrogens (tertiary/aromatic N) is 1. The SMILES string of the molecule is NC(=O)CCC(=O)NCCOc1ccc2c3c1O[C@H]1c4[nH]c5ccccc5c4C[C@@]4(O)C(C2)N(CC2CC2)CC[C@]314. The summed E-state index contributed by atoms with van der Waals surface area (Å²) in [4.78, 5) is 29.2. The predicted molar refractivity (Wildman–Crippen MR) is 152 cm³/mol. The van der Waals surface area contributed by atoms with Crippen LogP contribution in [0.5, 0.6) is 11.5 Å². The third-order valence-corrected chi connectivity index (χ3v) is 10.3. The highest BCUT2D eigenvalue weighted by Crippen LogP contribution is 2.69. The molecule has 5 N–H and O–H groups in total. The largest absolute Gasteiger partial charge is 0.488 e. The number of rotatable bonds is 9. The number of amides is 2. The van der Waals surface area contributed by atoms with Gasteiger partial charge in [-0.3, -0.25) is 14.5 Å². The van der Waals surface area contributed by atoms with E-state index in [1.807, 2.05) is 12.1 Å². The van der Waals surface area contributed by atoms with Gasteiger partial charge < -0.3 is 30.6 Å². The number of aliphatic hydroxyl groups is 1.